The fraction of sp³-hybridized carbons (Fsp3) is 0. The van der Waals surface area contributed by atoms with Crippen LogP contribution in [0.25, 0.3) is 5.69 Å². The van der Waals surface area contributed by atoms with Crippen LogP contribution in [0.3, 0.4) is 0 Å². The van der Waals surface area contributed by atoms with E-state index in [1.54, 1.807) is 36.4 Å². The Balaban J connectivity index is 1.74. The fourth-order valence-corrected chi connectivity index (χ4v) is 1.97. The Morgan fingerprint density at radius 2 is 2.00 bits per heavy atom. The standard InChI is InChI=1S/C16H13N3O3/c20-14-7-5-12(6-8-14)19-9-1-3-13(19)11-17-18-16(21)15-4-2-10-22-15/h1-11,20H,(H,18,21)/b17-11+. The minimum atomic E-state index is -0.413. The van der Waals surface area contributed by atoms with Gasteiger partial charge in [-0.3, -0.25) is 4.79 Å². The topological polar surface area (TPSA) is 79.8 Å². The Bertz CT molecular complexity index is 786. The highest BCUT2D eigenvalue weighted by Crippen LogP contribution is 2.15. The van der Waals surface area contributed by atoms with E-state index in [1.807, 2.05) is 22.9 Å². The molecule has 0 saturated heterocycles. The lowest BCUT2D eigenvalue weighted by Crippen LogP contribution is -2.17. The second-order valence-electron chi connectivity index (χ2n) is 4.50. The van der Waals surface area contributed by atoms with Crippen LogP contribution < -0.4 is 5.43 Å². The first kappa shape index (κ1) is 13.7. The van der Waals surface area contributed by atoms with E-state index in [4.69, 9.17) is 4.42 Å². The van der Waals surface area contributed by atoms with E-state index in [0.717, 1.165) is 11.4 Å². The highest BCUT2D eigenvalue weighted by atomic mass is 16.3. The minimum absolute atomic E-state index is 0.200. The van der Waals surface area contributed by atoms with E-state index in [2.05, 4.69) is 10.5 Å². The number of carbonyl (C=O) groups is 1. The fourth-order valence-electron chi connectivity index (χ4n) is 1.97. The van der Waals surface area contributed by atoms with Gasteiger partial charge < -0.3 is 14.1 Å². The molecular formula is C16H13N3O3. The molecule has 0 fully saturated rings. The van der Waals surface area contributed by atoms with Gasteiger partial charge in [-0.25, -0.2) is 5.43 Å². The molecule has 3 rings (SSSR count). The summed E-state index contributed by atoms with van der Waals surface area (Å²) in [6.07, 6.45) is 4.82. The largest absolute Gasteiger partial charge is 0.508 e. The smallest absolute Gasteiger partial charge is 0.307 e. The van der Waals surface area contributed by atoms with Crippen molar-refractivity contribution in [1.82, 2.24) is 9.99 Å². The number of carbonyl (C=O) groups excluding carboxylic acids is 1. The maximum atomic E-state index is 11.7. The van der Waals surface area contributed by atoms with Crippen LogP contribution in [0.2, 0.25) is 0 Å². The average Bonchev–Trinajstić information content (AvgIpc) is 3.19. The normalized spacial score (nSPS) is 10.9. The van der Waals surface area contributed by atoms with Crippen LogP contribution >= 0.6 is 0 Å². The van der Waals surface area contributed by atoms with Crippen molar-refractivity contribution in [3.63, 3.8) is 0 Å². The van der Waals surface area contributed by atoms with Crippen LogP contribution in [0.1, 0.15) is 16.2 Å². The van der Waals surface area contributed by atoms with E-state index in [-0.39, 0.29) is 11.5 Å². The molecule has 110 valence electrons. The molecule has 1 amide bonds. The molecule has 0 aliphatic rings. The number of amides is 1. The highest BCUT2D eigenvalue weighted by Gasteiger charge is 2.06. The molecule has 0 radical (unpaired) electrons. The van der Waals surface area contributed by atoms with Crippen molar-refractivity contribution >= 4 is 12.1 Å². The van der Waals surface area contributed by atoms with E-state index in [9.17, 15) is 9.90 Å². The number of furan rings is 1. The van der Waals surface area contributed by atoms with E-state index in [1.165, 1.54) is 12.5 Å². The number of nitrogens with one attached hydrogen (secondary N) is 1. The zero-order chi connectivity index (χ0) is 15.4. The third-order valence-electron chi connectivity index (χ3n) is 3.02. The molecular weight excluding hydrogens is 282 g/mol. The zero-order valence-corrected chi connectivity index (χ0v) is 11.5. The van der Waals surface area contributed by atoms with Gasteiger partial charge in [0.15, 0.2) is 5.76 Å². The van der Waals surface area contributed by atoms with Gasteiger partial charge in [0.05, 0.1) is 18.2 Å². The van der Waals surface area contributed by atoms with Crippen molar-refractivity contribution in [2.45, 2.75) is 0 Å². The Kier molecular flexibility index (Phi) is 3.74. The summed E-state index contributed by atoms with van der Waals surface area (Å²) >= 11 is 0. The van der Waals surface area contributed by atoms with Crippen molar-refractivity contribution in [3.05, 3.63) is 72.4 Å². The van der Waals surface area contributed by atoms with E-state index in [0.29, 0.717) is 0 Å². The summed E-state index contributed by atoms with van der Waals surface area (Å²) in [6, 6.07) is 13.7. The van der Waals surface area contributed by atoms with Gasteiger partial charge in [0, 0.05) is 11.9 Å². The number of hydrazone groups is 1. The van der Waals surface area contributed by atoms with E-state index < -0.39 is 5.91 Å². The summed E-state index contributed by atoms with van der Waals surface area (Å²) in [6.45, 7) is 0. The molecule has 0 unspecified atom stereocenters. The lowest BCUT2D eigenvalue weighted by molar-refractivity contribution is 0.0927. The number of aromatic hydroxyl groups is 1. The van der Waals surface area contributed by atoms with Gasteiger partial charge in [0.2, 0.25) is 0 Å². The molecule has 3 aromatic rings. The summed E-state index contributed by atoms with van der Waals surface area (Å²) in [5.74, 6) is -0.00751. The quantitative estimate of drug-likeness (QED) is 0.573. The summed E-state index contributed by atoms with van der Waals surface area (Å²) in [5.41, 5.74) is 4.05. The monoisotopic (exact) mass is 295 g/mol. The van der Waals surface area contributed by atoms with Crippen LogP contribution in [0, 0.1) is 0 Å². The number of phenols is 1. The maximum absolute atomic E-state index is 11.7. The number of nitrogens with zero attached hydrogens (tertiary/aromatic N) is 2. The lowest BCUT2D eigenvalue weighted by Gasteiger charge is -2.06. The van der Waals surface area contributed by atoms with Crippen molar-refractivity contribution < 1.29 is 14.3 Å². The van der Waals surface area contributed by atoms with Crippen LogP contribution in [-0.2, 0) is 0 Å². The molecule has 0 spiro atoms. The van der Waals surface area contributed by atoms with Gasteiger partial charge in [-0.2, -0.15) is 5.10 Å². The van der Waals surface area contributed by atoms with Crippen molar-refractivity contribution in [3.8, 4) is 11.4 Å². The molecule has 0 bridgehead atoms. The van der Waals surface area contributed by atoms with Crippen LogP contribution in [0.15, 0.2) is 70.5 Å². The van der Waals surface area contributed by atoms with Crippen LogP contribution in [0.4, 0.5) is 0 Å². The molecule has 6 heteroatoms. The minimum Gasteiger partial charge on any atom is -0.508 e. The number of aromatic nitrogens is 1. The maximum Gasteiger partial charge on any atom is 0.307 e. The second-order valence-corrected chi connectivity index (χ2v) is 4.50. The number of hydrogen-bond acceptors (Lipinski definition) is 4. The number of phenolic OH excluding ortho intramolecular Hbond substituents is 1. The van der Waals surface area contributed by atoms with Gasteiger partial charge in [-0.1, -0.05) is 0 Å². The van der Waals surface area contributed by atoms with Gasteiger partial charge in [-0.15, -0.1) is 0 Å². The number of rotatable bonds is 4. The highest BCUT2D eigenvalue weighted by molar-refractivity contribution is 5.92. The molecule has 1 aromatic carbocycles. The first-order valence-electron chi connectivity index (χ1n) is 6.58. The Hall–Kier alpha value is -3.28. The van der Waals surface area contributed by atoms with Crippen molar-refractivity contribution in [2.24, 2.45) is 5.10 Å². The predicted molar refractivity (Wildman–Crippen MR) is 81.2 cm³/mol. The molecule has 0 aliphatic heterocycles. The second kappa shape index (κ2) is 6.01. The van der Waals surface area contributed by atoms with E-state index >= 15 is 0 Å². The number of hydrogen-bond donors (Lipinski definition) is 2. The summed E-state index contributed by atoms with van der Waals surface area (Å²) in [7, 11) is 0. The Morgan fingerprint density at radius 1 is 1.18 bits per heavy atom. The first-order chi connectivity index (χ1) is 10.7. The Labute approximate surface area is 126 Å². The molecule has 6 nitrogen and oxygen atoms in total. The molecule has 2 N–H and O–H groups in total. The van der Waals surface area contributed by atoms with Gasteiger partial charge in [0.1, 0.15) is 5.75 Å². The zero-order valence-electron chi connectivity index (χ0n) is 11.5. The van der Waals surface area contributed by atoms with Crippen molar-refractivity contribution in [1.29, 1.82) is 0 Å². The summed E-state index contributed by atoms with van der Waals surface area (Å²) in [5, 5.41) is 13.2. The summed E-state index contributed by atoms with van der Waals surface area (Å²) in [4.78, 5) is 11.7. The van der Waals surface area contributed by atoms with Gasteiger partial charge >= 0.3 is 5.91 Å². The van der Waals surface area contributed by atoms with Gasteiger partial charge in [0.25, 0.3) is 0 Å². The SMILES string of the molecule is O=C(N/N=C/c1cccn1-c1ccc(O)cc1)c1ccco1. The summed E-state index contributed by atoms with van der Waals surface area (Å²) < 4.78 is 6.85. The van der Waals surface area contributed by atoms with Crippen LogP contribution in [-0.4, -0.2) is 21.8 Å². The third kappa shape index (κ3) is 2.90. The first-order valence-corrected chi connectivity index (χ1v) is 6.58. The molecule has 2 aromatic heterocycles. The lowest BCUT2D eigenvalue weighted by atomic mass is 10.3. The van der Waals surface area contributed by atoms with Crippen molar-refractivity contribution in [2.75, 3.05) is 0 Å². The average molecular weight is 295 g/mol. The van der Waals surface area contributed by atoms with Gasteiger partial charge in [-0.05, 0) is 48.5 Å². The molecule has 22 heavy (non-hydrogen) atoms. The Morgan fingerprint density at radius 3 is 2.73 bits per heavy atom. The predicted octanol–water partition coefficient (Wildman–Crippen LogP) is 2.54. The molecule has 2 heterocycles. The molecule has 0 saturated carbocycles. The third-order valence-corrected chi connectivity index (χ3v) is 3.02. The number of benzene rings is 1. The molecule has 0 aliphatic carbocycles. The van der Waals surface area contributed by atoms with Crippen LogP contribution in [0.5, 0.6) is 5.75 Å². The molecule has 0 atom stereocenters.